The van der Waals surface area contributed by atoms with Gasteiger partial charge in [-0.25, -0.2) is 5.43 Å². The summed E-state index contributed by atoms with van der Waals surface area (Å²) in [6.07, 6.45) is 10.3. The van der Waals surface area contributed by atoms with E-state index in [1.165, 1.54) is 6.42 Å². The second-order valence-electron chi connectivity index (χ2n) is 7.45. The highest BCUT2D eigenvalue weighted by Crippen LogP contribution is 2.25. The topological polar surface area (TPSA) is 70.6 Å². The van der Waals surface area contributed by atoms with E-state index >= 15 is 0 Å². The second-order valence-corrected chi connectivity index (χ2v) is 7.45. The highest BCUT2D eigenvalue weighted by molar-refractivity contribution is 6.01. The van der Waals surface area contributed by atoms with E-state index < -0.39 is 0 Å². The first-order chi connectivity index (χ1) is 13.1. The van der Waals surface area contributed by atoms with Crippen molar-refractivity contribution >= 4 is 23.2 Å². The number of hydrazone groups is 1. The van der Waals surface area contributed by atoms with Crippen molar-refractivity contribution in [2.45, 2.75) is 78.1 Å². The average Bonchev–Trinajstić information content (AvgIpc) is 2.70. The molecule has 2 amide bonds. The number of amides is 2. The largest absolute Gasteiger partial charge is 0.326 e. The molecule has 1 aliphatic rings. The number of hydrogen-bond acceptors (Lipinski definition) is 3. The molecule has 148 valence electrons. The molecule has 1 fully saturated rings. The maximum absolute atomic E-state index is 12.4. The summed E-state index contributed by atoms with van der Waals surface area (Å²) in [5, 5.41) is 7.24. The summed E-state index contributed by atoms with van der Waals surface area (Å²) >= 11 is 0. The summed E-state index contributed by atoms with van der Waals surface area (Å²) in [5.41, 5.74) is 5.03. The quantitative estimate of drug-likeness (QED) is 0.364. The van der Waals surface area contributed by atoms with Crippen molar-refractivity contribution in [2.75, 3.05) is 5.32 Å². The van der Waals surface area contributed by atoms with Crippen LogP contribution in [0.3, 0.4) is 0 Å². The SMILES string of the molecule is CCCCCCC(=O)N/N=C(/C)c1cccc(NC(=O)C2CCCCC2)c1. The van der Waals surface area contributed by atoms with Crippen molar-refractivity contribution < 1.29 is 9.59 Å². The average molecular weight is 372 g/mol. The Bertz CT molecular complexity index is 649. The zero-order valence-corrected chi connectivity index (χ0v) is 16.7. The normalized spacial score (nSPS) is 15.4. The van der Waals surface area contributed by atoms with Crippen LogP contribution in [0, 0.1) is 5.92 Å². The van der Waals surface area contributed by atoms with Crippen molar-refractivity contribution in [1.29, 1.82) is 0 Å². The van der Waals surface area contributed by atoms with E-state index in [9.17, 15) is 9.59 Å². The van der Waals surface area contributed by atoms with Crippen LogP contribution in [-0.4, -0.2) is 17.5 Å². The number of anilines is 1. The molecule has 2 N–H and O–H groups in total. The number of hydrogen-bond donors (Lipinski definition) is 2. The van der Waals surface area contributed by atoms with Crippen molar-refractivity contribution in [1.82, 2.24) is 5.43 Å². The number of unbranched alkanes of at least 4 members (excludes halogenated alkanes) is 3. The second kappa shape index (κ2) is 11.5. The van der Waals surface area contributed by atoms with Gasteiger partial charge < -0.3 is 5.32 Å². The van der Waals surface area contributed by atoms with Gasteiger partial charge in [-0.15, -0.1) is 0 Å². The van der Waals surface area contributed by atoms with Crippen LogP contribution in [0.25, 0.3) is 0 Å². The number of benzene rings is 1. The van der Waals surface area contributed by atoms with Crippen molar-refractivity contribution in [3.05, 3.63) is 29.8 Å². The molecule has 1 saturated carbocycles. The summed E-state index contributed by atoms with van der Waals surface area (Å²) in [4.78, 5) is 24.3. The molecule has 0 saturated heterocycles. The third kappa shape index (κ3) is 7.53. The van der Waals surface area contributed by atoms with Gasteiger partial charge in [0.15, 0.2) is 0 Å². The first-order valence-electron chi connectivity index (χ1n) is 10.3. The fraction of sp³-hybridized carbons (Fsp3) is 0.591. The van der Waals surface area contributed by atoms with E-state index in [1.54, 1.807) is 0 Å². The molecule has 2 rings (SSSR count). The van der Waals surface area contributed by atoms with Crippen LogP contribution in [-0.2, 0) is 9.59 Å². The summed E-state index contributed by atoms with van der Waals surface area (Å²) in [5.74, 6) is 0.193. The fourth-order valence-electron chi connectivity index (χ4n) is 3.41. The lowest BCUT2D eigenvalue weighted by atomic mass is 9.88. The van der Waals surface area contributed by atoms with E-state index in [2.05, 4.69) is 22.8 Å². The zero-order chi connectivity index (χ0) is 19.5. The molecule has 1 aromatic rings. The molecule has 0 atom stereocenters. The van der Waals surface area contributed by atoms with Gasteiger partial charge in [-0.05, 0) is 43.9 Å². The van der Waals surface area contributed by atoms with Crippen LogP contribution in [0.15, 0.2) is 29.4 Å². The van der Waals surface area contributed by atoms with Crippen molar-refractivity contribution in [3.8, 4) is 0 Å². The molecule has 0 radical (unpaired) electrons. The van der Waals surface area contributed by atoms with Gasteiger partial charge in [-0.1, -0.05) is 57.6 Å². The lowest BCUT2D eigenvalue weighted by Crippen LogP contribution is -2.24. The summed E-state index contributed by atoms with van der Waals surface area (Å²) < 4.78 is 0. The van der Waals surface area contributed by atoms with E-state index in [0.717, 1.165) is 68.3 Å². The predicted octanol–water partition coefficient (Wildman–Crippen LogP) is 5.02. The van der Waals surface area contributed by atoms with Crippen molar-refractivity contribution in [3.63, 3.8) is 0 Å². The third-order valence-corrected chi connectivity index (χ3v) is 5.13. The monoisotopic (exact) mass is 371 g/mol. The summed E-state index contributed by atoms with van der Waals surface area (Å²) in [7, 11) is 0. The van der Waals surface area contributed by atoms with E-state index in [4.69, 9.17) is 0 Å². The van der Waals surface area contributed by atoms with Gasteiger partial charge in [-0.2, -0.15) is 5.10 Å². The first kappa shape index (κ1) is 21.1. The Morgan fingerprint density at radius 2 is 1.89 bits per heavy atom. The zero-order valence-electron chi connectivity index (χ0n) is 16.7. The third-order valence-electron chi connectivity index (χ3n) is 5.13. The highest BCUT2D eigenvalue weighted by atomic mass is 16.2. The number of rotatable bonds is 9. The van der Waals surface area contributed by atoms with E-state index in [1.807, 2.05) is 31.2 Å². The maximum Gasteiger partial charge on any atom is 0.240 e. The van der Waals surface area contributed by atoms with Crippen molar-refractivity contribution in [2.24, 2.45) is 11.0 Å². The Balaban J connectivity index is 1.87. The van der Waals surface area contributed by atoms with Crippen LogP contribution in [0.2, 0.25) is 0 Å². The number of carbonyl (C=O) groups excluding carboxylic acids is 2. The molecule has 5 heteroatoms. The summed E-state index contributed by atoms with van der Waals surface area (Å²) in [6.45, 7) is 4.01. The van der Waals surface area contributed by atoms with Crippen LogP contribution in [0.4, 0.5) is 5.69 Å². The molecule has 5 nitrogen and oxygen atoms in total. The van der Waals surface area contributed by atoms with Gasteiger partial charge in [0, 0.05) is 18.0 Å². The van der Waals surface area contributed by atoms with Gasteiger partial charge in [0.25, 0.3) is 0 Å². The van der Waals surface area contributed by atoms with E-state index in [0.29, 0.717) is 6.42 Å². The van der Waals surface area contributed by atoms with Gasteiger partial charge in [0.05, 0.1) is 5.71 Å². The van der Waals surface area contributed by atoms with Crippen LogP contribution >= 0.6 is 0 Å². The number of carbonyl (C=O) groups is 2. The van der Waals surface area contributed by atoms with Crippen LogP contribution in [0.5, 0.6) is 0 Å². The molecule has 27 heavy (non-hydrogen) atoms. The molecule has 1 aromatic carbocycles. The van der Waals surface area contributed by atoms with E-state index in [-0.39, 0.29) is 17.7 Å². The van der Waals surface area contributed by atoms with Gasteiger partial charge in [0.1, 0.15) is 0 Å². The Kier molecular flexibility index (Phi) is 9.02. The van der Waals surface area contributed by atoms with Gasteiger partial charge >= 0.3 is 0 Å². The van der Waals surface area contributed by atoms with Crippen LogP contribution in [0.1, 0.15) is 83.6 Å². The fourth-order valence-corrected chi connectivity index (χ4v) is 3.41. The standard InChI is InChI=1S/C22H33N3O2/c1-3-4-5-9-15-21(26)25-24-17(2)19-13-10-14-20(16-19)23-22(27)18-11-7-6-8-12-18/h10,13-14,16,18H,3-9,11-12,15H2,1-2H3,(H,23,27)(H,25,26)/b24-17-. The van der Waals surface area contributed by atoms with Gasteiger partial charge in [-0.3, -0.25) is 9.59 Å². The number of nitrogens with zero attached hydrogens (tertiary/aromatic N) is 1. The molecule has 1 aliphatic carbocycles. The molecule has 0 unspecified atom stereocenters. The lowest BCUT2D eigenvalue weighted by Gasteiger charge is -2.20. The molecular weight excluding hydrogens is 338 g/mol. The smallest absolute Gasteiger partial charge is 0.240 e. The lowest BCUT2D eigenvalue weighted by molar-refractivity contribution is -0.121. The molecule has 0 bridgehead atoms. The number of nitrogens with one attached hydrogen (secondary N) is 2. The Morgan fingerprint density at radius 1 is 1.11 bits per heavy atom. The predicted molar refractivity (Wildman–Crippen MR) is 111 cm³/mol. The Hall–Kier alpha value is -2.17. The highest BCUT2D eigenvalue weighted by Gasteiger charge is 2.21. The first-order valence-corrected chi connectivity index (χ1v) is 10.3. The van der Waals surface area contributed by atoms with Gasteiger partial charge in [0.2, 0.25) is 11.8 Å². The molecule has 0 spiro atoms. The molecule has 0 aliphatic heterocycles. The summed E-state index contributed by atoms with van der Waals surface area (Å²) in [6, 6.07) is 7.64. The molecular formula is C22H33N3O2. The minimum absolute atomic E-state index is 0.0489. The molecule has 0 aromatic heterocycles. The maximum atomic E-state index is 12.4. The Morgan fingerprint density at radius 3 is 2.63 bits per heavy atom. The molecule has 0 heterocycles. The minimum atomic E-state index is -0.0489. The minimum Gasteiger partial charge on any atom is -0.326 e. The van der Waals surface area contributed by atoms with Crippen LogP contribution < -0.4 is 10.7 Å². The Labute approximate surface area is 163 Å².